The van der Waals surface area contributed by atoms with Crippen molar-refractivity contribution in [2.75, 3.05) is 0 Å². The van der Waals surface area contributed by atoms with Gasteiger partial charge in [0.15, 0.2) is 0 Å². The standard InChI is InChI=1S/C14H11N.C2H6/c1-2-7-13-10-15-14-8-4-3-6-12(14)9-11(13)5-1;1-2/h1-8,10H,9H2;1-2H3. The highest BCUT2D eigenvalue weighted by atomic mass is 14.7. The summed E-state index contributed by atoms with van der Waals surface area (Å²) in [5.41, 5.74) is 4.98. The molecule has 1 heteroatoms. The van der Waals surface area contributed by atoms with Crippen LogP contribution in [-0.2, 0) is 6.42 Å². The van der Waals surface area contributed by atoms with Gasteiger partial charge in [-0.1, -0.05) is 56.3 Å². The third-order valence-corrected chi connectivity index (χ3v) is 2.77. The van der Waals surface area contributed by atoms with Crippen molar-refractivity contribution in [1.29, 1.82) is 0 Å². The van der Waals surface area contributed by atoms with Crippen molar-refractivity contribution >= 4 is 11.9 Å². The van der Waals surface area contributed by atoms with Gasteiger partial charge in [0, 0.05) is 12.6 Å². The Balaban J connectivity index is 0.000000514. The Morgan fingerprint density at radius 2 is 1.47 bits per heavy atom. The molecule has 0 saturated heterocycles. The molecule has 0 spiro atoms. The van der Waals surface area contributed by atoms with E-state index in [1.54, 1.807) is 0 Å². The van der Waals surface area contributed by atoms with Gasteiger partial charge in [-0.3, -0.25) is 4.99 Å². The number of aliphatic imine (C=N–C) groups is 1. The number of nitrogens with zero attached hydrogens (tertiary/aromatic N) is 1. The largest absolute Gasteiger partial charge is 0.256 e. The maximum absolute atomic E-state index is 4.50. The van der Waals surface area contributed by atoms with Gasteiger partial charge in [0.25, 0.3) is 0 Å². The van der Waals surface area contributed by atoms with Crippen molar-refractivity contribution in [3.63, 3.8) is 0 Å². The molecule has 0 bridgehead atoms. The lowest BCUT2D eigenvalue weighted by atomic mass is 10.0. The number of rotatable bonds is 0. The fourth-order valence-electron chi connectivity index (χ4n) is 1.95. The van der Waals surface area contributed by atoms with Crippen LogP contribution >= 0.6 is 0 Å². The first-order valence-electron chi connectivity index (χ1n) is 6.13. The second-order valence-corrected chi connectivity index (χ2v) is 3.76. The number of hydrogen-bond acceptors (Lipinski definition) is 1. The highest BCUT2D eigenvalue weighted by Crippen LogP contribution is 2.25. The summed E-state index contributed by atoms with van der Waals surface area (Å²) in [6, 6.07) is 16.7. The van der Waals surface area contributed by atoms with Crippen LogP contribution in [0.5, 0.6) is 0 Å². The van der Waals surface area contributed by atoms with Gasteiger partial charge < -0.3 is 0 Å². The van der Waals surface area contributed by atoms with Crippen LogP contribution in [0.25, 0.3) is 0 Å². The van der Waals surface area contributed by atoms with E-state index in [-0.39, 0.29) is 0 Å². The summed E-state index contributed by atoms with van der Waals surface area (Å²) in [7, 11) is 0. The molecule has 3 rings (SSSR count). The fraction of sp³-hybridized carbons (Fsp3) is 0.188. The van der Waals surface area contributed by atoms with Gasteiger partial charge in [-0.05, 0) is 22.8 Å². The molecule has 0 saturated carbocycles. The first-order valence-corrected chi connectivity index (χ1v) is 6.13. The van der Waals surface area contributed by atoms with Crippen LogP contribution in [0.1, 0.15) is 30.5 Å². The van der Waals surface area contributed by atoms with Crippen LogP contribution in [-0.4, -0.2) is 6.21 Å². The topological polar surface area (TPSA) is 12.4 Å². The Labute approximate surface area is 103 Å². The van der Waals surface area contributed by atoms with Crippen LogP contribution in [0.15, 0.2) is 53.5 Å². The van der Waals surface area contributed by atoms with Crippen molar-refractivity contribution in [1.82, 2.24) is 0 Å². The Hall–Kier alpha value is -1.89. The molecule has 2 aromatic carbocycles. The van der Waals surface area contributed by atoms with Gasteiger partial charge in [0.05, 0.1) is 5.69 Å². The van der Waals surface area contributed by atoms with Crippen LogP contribution in [0.4, 0.5) is 5.69 Å². The van der Waals surface area contributed by atoms with Crippen LogP contribution in [0, 0.1) is 0 Å². The number of benzene rings is 2. The molecule has 0 amide bonds. The minimum absolute atomic E-state index is 0.979. The zero-order valence-corrected chi connectivity index (χ0v) is 10.4. The maximum Gasteiger partial charge on any atom is 0.0665 e. The van der Waals surface area contributed by atoms with Gasteiger partial charge in [-0.2, -0.15) is 0 Å². The molecule has 17 heavy (non-hydrogen) atoms. The van der Waals surface area contributed by atoms with Crippen molar-refractivity contribution in [2.24, 2.45) is 4.99 Å². The molecule has 1 heterocycles. The molecule has 0 aromatic heterocycles. The van der Waals surface area contributed by atoms with Gasteiger partial charge in [0.2, 0.25) is 0 Å². The third-order valence-electron chi connectivity index (χ3n) is 2.77. The highest BCUT2D eigenvalue weighted by Gasteiger charge is 2.08. The van der Waals surface area contributed by atoms with Crippen LogP contribution in [0.2, 0.25) is 0 Å². The zero-order chi connectivity index (χ0) is 12.1. The SMILES string of the molecule is C1=Nc2ccccc2Cc2ccccc21.CC. The Morgan fingerprint density at radius 3 is 2.29 bits per heavy atom. The molecule has 1 aliphatic heterocycles. The number of hydrogen-bond donors (Lipinski definition) is 0. The first kappa shape index (κ1) is 11.6. The summed E-state index contributed by atoms with van der Waals surface area (Å²) in [6.45, 7) is 4.00. The van der Waals surface area contributed by atoms with Gasteiger partial charge in [-0.25, -0.2) is 0 Å². The van der Waals surface area contributed by atoms with Gasteiger partial charge in [-0.15, -0.1) is 0 Å². The predicted molar refractivity (Wildman–Crippen MR) is 74.3 cm³/mol. The lowest BCUT2D eigenvalue weighted by Gasteiger charge is -2.03. The van der Waals surface area contributed by atoms with E-state index in [0.717, 1.165) is 12.1 Å². The first-order chi connectivity index (χ1) is 8.43. The smallest absolute Gasteiger partial charge is 0.0665 e. The Morgan fingerprint density at radius 1 is 0.824 bits per heavy atom. The summed E-state index contributed by atoms with van der Waals surface area (Å²) in [6.07, 6.45) is 2.94. The minimum atomic E-state index is 0.979. The number of fused-ring (bicyclic) bond motifs is 2. The molecular formula is C16H17N. The molecule has 0 N–H and O–H groups in total. The summed E-state index contributed by atoms with van der Waals surface area (Å²) in [4.78, 5) is 4.50. The highest BCUT2D eigenvalue weighted by molar-refractivity contribution is 5.85. The molecule has 0 aliphatic carbocycles. The second kappa shape index (κ2) is 5.44. The monoisotopic (exact) mass is 223 g/mol. The molecule has 0 unspecified atom stereocenters. The summed E-state index contributed by atoms with van der Waals surface area (Å²) >= 11 is 0. The van der Waals surface area contributed by atoms with Crippen molar-refractivity contribution in [3.05, 3.63) is 65.2 Å². The summed E-state index contributed by atoms with van der Waals surface area (Å²) < 4.78 is 0. The van der Waals surface area contributed by atoms with Gasteiger partial charge in [0.1, 0.15) is 0 Å². The summed E-state index contributed by atoms with van der Waals surface area (Å²) in [5, 5.41) is 0. The normalized spacial score (nSPS) is 11.6. The van der Waals surface area contributed by atoms with E-state index in [4.69, 9.17) is 0 Å². The molecule has 1 nitrogen and oxygen atoms in total. The van der Waals surface area contributed by atoms with E-state index in [9.17, 15) is 0 Å². The average Bonchev–Trinajstić information content (AvgIpc) is 2.60. The quantitative estimate of drug-likeness (QED) is 0.536. The summed E-state index contributed by atoms with van der Waals surface area (Å²) in [5.74, 6) is 0. The minimum Gasteiger partial charge on any atom is -0.256 e. The predicted octanol–water partition coefficient (Wildman–Crippen LogP) is 4.37. The third kappa shape index (κ3) is 2.44. The molecule has 0 fully saturated rings. The van der Waals surface area contributed by atoms with E-state index < -0.39 is 0 Å². The van der Waals surface area contributed by atoms with Crippen molar-refractivity contribution < 1.29 is 0 Å². The van der Waals surface area contributed by atoms with Gasteiger partial charge >= 0.3 is 0 Å². The number of para-hydroxylation sites is 1. The van der Waals surface area contributed by atoms with Crippen LogP contribution in [0.3, 0.4) is 0 Å². The Bertz CT molecular complexity index is 479. The van der Waals surface area contributed by atoms with E-state index in [1.165, 1.54) is 16.7 Å². The molecule has 0 atom stereocenters. The lowest BCUT2D eigenvalue weighted by Crippen LogP contribution is -1.91. The molecular weight excluding hydrogens is 206 g/mol. The van der Waals surface area contributed by atoms with Crippen LogP contribution < -0.4 is 0 Å². The van der Waals surface area contributed by atoms with Crippen molar-refractivity contribution in [2.45, 2.75) is 20.3 Å². The fourth-order valence-corrected chi connectivity index (χ4v) is 1.95. The zero-order valence-electron chi connectivity index (χ0n) is 10.4. The Kier molecular flexibility index (Phi) is 3.71. The molecule has 0 radical (unpaired) electrons. The van der Waals surface area contributed by atoms with E-state index in [2.05, 4.69) is 47.5 Å². The molecule has 2 aromatic rings. The average molecular weight is 223 g/mol. The second-order valence-electron chi connectivity index (χ2n) is 3.76. The molecule has 86 valence electrons. The van der Waals surface area contributed by atoms with Crippen molar-refractivity contribution in [3.8, 4) is 0 Å². The van der Waals surface area contributed by atoms with E-state index in [0.29, 0.717) is 0 Å². The lowest BCUT2D eigenvalue weighted by molar-refractivity contribution is 1.19. The maximum atomic E-state index is 4.50. The van der Waals surface area contributed by atoms with E-state index in [1.807, 2.05) is 26.1 Å². The molecule has 1 aliphatic rings. The van der Waals surface area contributed by atoms with E-state index >= 15 is 0 Å².